The van der Waals surface area contributed by atoms with Crippen LogP contribution in [0.25, 0.3) is 11.1 Å². The van der Waals surface area contributed by atoms with E-state index < -0.39 is 40.7 Å². The van der Waals surface area contributed by atoms with Crippen LogP contribution in [0, 0.1) is 23.3 Å². The molecule has 0 spiro atoms. The summed E-state index contributed by atoms with van der Waals surface area (Å²) in [5, 5.41) is 3.85. The van der Waals surface area contributed by atoms with Crippen LogP contribution in [0.5, 0.6) is 0 Å². The van der Waals surface area contributed by atoms with Crippen LogP contribution in [0.1, 0.15) is 20.7 Å². The summed E-state index contributed by atoms with van der Waals surface area (Å²) < 4.78 is 58.2. The van der Waals surface area contributed by atoms with E-state index in [4.69, 9.17) is 4.74 Å². The summed E-state index contributed by atoms with van der Waals surface area (Å²) in [6, 6.07) is 6.67. The van der Waals surface area contributed by atoms with E-state index in [1.807, 2.05) is 0 Å². The van der Waals surface area contributed by atoms with Gasteiger partial charge in [-0.1, -0.05) is 12.1 Å². The minimum Gasteiger partial charge on any atom is -0.465 e. The number of carbonyl (C=O) groups excluding carboxylic acids is 2. The number of benzene rings is 2. The van der Waals surface area contributed by atoms with E-state index in [9.17, 15) is 27.2 Å². The lowest BCUT2D eigenvalue weighted by Crippen LogP contribution is -2.16. The summed E-state index contributed by atoms with van der Waals surface area (Å²) in [6.07, 6.45) is 0. The highest BCUT2D eigenvalue weighted by atomic mass is 32.1. The topological polar surface area (TPSA) is 55.4 Å². The van der Waals surface area contributed by atoms with Crippen LogP contribution in [-0.4, -0.2) is 19.0 Å². The number of anilines is 1. The van der Waals surface area contributed by atoms with Gasteiger partial charge >= 0.3 is 5.97 Å². The number of rotatable bonds is 4. The Morgan fingerprint density at radius 3 is 2.29 bits per heavy atom. The number of nitrogens with one attached hydrogen (secondary N) is 1. The van der Waals surface area contributed by atoms with Crippen LogP contribution in [-0.2, 0) is 4.74 Å². The van der Waals surface area contributed by atoms with Gasteiger partial charge in [-0.25, -0.2) is 22.4 Å². The predicted molar refractivity (Wildman–Crippen MR) is 95.3 cm³/mol. The monoisotopic (exact) mass is 409 g/mol. The quantitative estimate of drug-likeness (QED) is 0.374. The Labute approximate surface area is 160 Å². The molecule has 1 aromatic heterocycles. The first-order chi connectivity index (χ1) is 13.3. The van der Waals surface area contributed by atoms with Gasteiger partial charge in [-0.05, 0) is 29.8 Å². The van der Waals surface area contributed by atoms with E-state index in [1.165, 1.54) is 29.6 Å². The summed E-state index contributed by atoms with van der Waals surface area (Å²) in [5.74, 6) is -7.19. The Bertz CT molecular complexity index is 1060. The lowest BCUT2D eigenvalue weighted by atomic mass is 10.0. The second-order valence-corrected chi connectivity index (χ2v) is 6.41. The van der Waals surface area contributed by atoms with Crippen molar-refractivity contribution in [1.82, 2.24) is 0 Å². The van der Waals surface area contributed by atoms with Gasteiger partial charge in [0, 0.05) is 10.9 Å². The maximum atomic E-state index is 13.8. The molecular formula is C19H11F4NO3S. The average Bonchev–Trinajstić information content (AvgIpc) is 3.09. The van der Waals surface area contributed by atoms with Gasteiger partial charge in [0.05, 0.1) is 12.7 Å². The third-order valence-corrected chi connectivity index (χ3v) is 4.74. The molecular weight excluding hydrogens is 398 g/mol. The molecule has 3 rings (SSSR count). The van der Waals surface area contributed by atoms with Crippen LogP contribution >= 0.6 is 11.3 Å². The second-order valence-electron chi connectivity index (χ2n) is 5.53. The molecule has 144 valence electrons. The third-order valence-electron chi connectivity index (χ3n) is 3.84. The Kier molecular flexibility index (Phi) is 5.46. The van der Waals surface area contributed by atoms with Crippen LogP contribution in [0.2, 0.25) is 0 Å². The van der Waals surface area contributed by atoms with Crippen molar-refractivity contribution in [2.75, 3.05) is 12.4 Å². The minimum absolute atomic E-state index is 0.0142. The molecule has 1 amide bonds. The molecule has 0 aliphatic rings. The summed E-state index contributed by atoms with van der Waals surface area (Å²) in [4.78, 5) is 24.5. The molecule has 0 fully saturated rings. The van der Waals surface area contributed by atoms with E-state index in [1.54, 1.807) is 0 Å². The van der Waals surface area contributed by atoms with E-state index in [0.717, 1.165) is 24.5 Å². The van der Waals surface area contributed by atoms with E-state index >= 15 is 0 Å². The first-order valence-electron chi connectivity index (χ1n) is 7.74. The number of ether oxygens (including phenoxy) is 1. The van der Waals surface area contributed by atoms with E-state index in [2.05, 4.69) is 5.32 Å². The summed E-state index contributed by atoms with van der Waals surface area (Å²) in [6.45, 7) is 0. The Hall–Kier alpha value is -3.20. The fourth-order valence-corrected chi connectivity index (χ4v) is 3.42. The smallest absolute Gasteiger partial charge is 0.341 e. The molecule has 1 heterocycles. The molecule has 0 saturated carbocycles. The van der Waals surface area contributed by atoms with Crippen molar-refractivity contribution in [3.63, 3.8) is 0 Å². The predicted octanol–water partition coefficient (Wildman–Crippen LogP) is 5.01. The lowest BCUT2D eigenvalue weighted by Gasteiger charge is -2.09. The molecule has 3 aromatic rings. The van der Waals surface area contributed by atoms with Crippen molar-refractivity contribution >= 4 is 28.2 Å². The van der Waals surface area contributed by atoms with E-state index in [0.29, 0.717) is 17.2 Å². The molecule has 9 heteroatoms. The van der Waals surface area contributed by atoms with Gasteiger partial charge in [0.2, 0.25) is 0 Å². The van der Waals surface area contributed by atoms with Crippen molar-refractivity contribution < 1.29 is 31.9 Å². The first-order valence-corrected chi connectivity index (χ1v) is 8.62. The van der Waals surface area contributed by atoms with E-state index in [-0.39, 0.29) is 10.6 Å². The highest BCUT2D eigenvalue weighted by Crippen LogP contribution is 2.36. The van der Waals surface area contributed by atoms with Gasteiger partial charge in [0.1, 0.15) is 16.4 Å². The summed E-state index contributed by atoms with van der Waals surface area (Å²) >= 11 is 0.938. The standard InChI is InChI=1S/C19H11F4NO3S/c1-27-19(26)14-12(9-2-4-10(20)5-3-9)8-28-18(14)24-17(25)11-6-7-13(21)16(23)15(11)22/h2-8H,1H3,(H,24,25). The Morgan fingerprint density at radius 2 is 1.64 bits per heavy atom. The largest absolute Gasteiger partial charge is 0.465 e. The van der Waals surface area contributed by atoms with Crippen LogP contribution in [0.3, 0.4) is 0 Å². The maximum Gasteiger partial charge on any atom is 0.341 e. The van der Waals surface area contributed by atoms with Crippen molar-refractivity contribution in [2.45, 2.75) is 0 Å². The molecule has 0 saturated heterocycles. The Morgan fingerprint density at radius 1 is 0.964 bits per heavy atom. The SMILES string of the molecule is COC(=O)c1c(-c2ccc(F)cc2)csc1NC(=O)c1ccc(F)c(F)c1F. The van der Waals surface area contributed by atoms with Crippen molar-refractivity contribution in [3.8, 4) is 11.1 Å². The number of thiophene rings is 1. The average molecular weight is 409 g/mol. The highest BCUT2D eigenvalue weighted by Gasteiger charge is 2.25. The lowest BCUT2D eigenvalue weighted by molar-refractivity contribution is 0.0603. The van der Waals surface area contributed by atoms with Crippen LogP contribution in [0.15, 0.2) is 41.8 Å². The fourth-order valence-electron chi connectivity index (χ4n) is 2.47. The molecule has 0 atom stereocenters. The van der Waals surface area contributed by atoms with Crippen LogP contribution < -0.4 is 5.32 Å². The maximum absolute atomic E-state index is 13.8. The van der Waals surface area contributed by atoms with Gasteiger partial charge in [-0.2, -0.15) is 0 Å². The number of hydrogen-bond acceptors (Lipinski definition) is 4. The van der Waals surface area contributed by atoms with Crippen molar-refractivity contribution in [3.05, 3.63) is 76.2 Å². The van der Waals surface area contributed by atoms with Gasteiger partial charge in [-0.3, -0.25) is 4.79 Å². The molecule has 4 nitrogen and oxygen atoms in total. The zero-order valence-corrected chi connectivity index (χ0v) is 15.0. The second kappa shape index (κ2) is 7.81. The molecule has 0 bridgehead atoms. The fraction of sp³-hybridized carbons (Fsp3) is 0.0526. The Balaban J connectivity index is 2.01. The number of hydrogen-bond donors (Lipinski definition) is 1. The molecule has 28 heavy (non-hydrogen) atoms. The van der Waals surface area contributed by atoms with Crippen molar-refractivity contribution in [1.29, 1.82) is 0 Å². The van der Waals surface area contributed by atoms with Gasteiger partial charge in [0.15, 0.2) is 17.5 Å². The number of methoxy groups -OCH3 is 1. The van der Waals surface area contributed by atoms with Gasteiger partial charge in [-0.15, -0.1) is 11.3 Å². The highest BCUT2D eigenvalue weighted by molar-refractivity contribution is 7.15. The van der Waals surface area contributed by atoms with Gasteiger partial charge in [0.25, 0.3) is 5.91 Å². The number of amides is 1. The van der Waals surface area contributed by atoms with Crippen molar-refractivity contribution in [2.24, 2.45) is 0 Å². The zero-order valence-electron chi connectivity index (χ0n) is 14.2. The number of carbonyl (C=O) groups is 2. The molecule has 2 aromatic carbocycles. The first kappa shape index (κ1) is 19.6. The zero-order chi connectivity index (χ0) is 20.4. The van der Waals surface area contributed by atoms with Crippen LogP contribution in [0.4, 0.5) is 22.6 Å². The molecule has 1 N–H and O–H groups in total. The molecule has 0 aliphatic heterocycles. The normalized spacial score (nSPS) is 10.6. The molecule has 0 radical (unpaired) electrons. The summed E-state index contributed by atoms with van der Waals surface area (Å²) in [5.41, 5.74) is 0.0809. The number of halogens is 4. The minimum atomic E-state index is -1.78. The molecule has 0 aliphatic carbocycles. The summed E-state index contributed by atoms with van der Waals surface area (Å²) in [7, 11) is 1.13. The van der Waals surface area contributed by atoms with Gasteiger partial charge < -0.3 is 10.1 Å². The number of esters is 1. The molecule has 0 unspecified atom stereocenters. The third kappa shape index (κ3) is 3.61.